The van der Waals surface area contributed by atoms with Crippen LogP contribution in [-0.2, 0) is 0 Å². The summed E-state index contributed by atoms with van der Waals surface area (Å²) >= 11 is 0. The van der Waals surface area contributed by atoms with Crippen LogP contribution in [0.1, 0.15) is 16.7 Å². The summed E-state index contributed by atoms with van der Waals surface area (Å²) in [5, 5.41) is 21.7. The Morgan fingerprint density at radius 2 is 0.886 bits per heavy atom. The molecule has 3 nitrogen and oxygen atoms in total. The van der Waals surface area contributed by atoms with Crippen molar-refractivity contribution in [2.24, 2.45) is 0 Å². The molecule has 35 heavy (non-hydrogen) atoms. The molecule has 0 bridgehead atoms. The van der Waals surface area contributed by atoms with Gasteiger partial charge in [0, 0.05) is 16.5 Å². The van der Waals surface area contributed by atoms with Gasteiger partial charge in [0.05, 0.1) is 0 Å². The number of fused-ring (bicyclic) bond motifs is 1. The molecule has 0 atom stereocenters. The third-order valence-corrected chi connectivity index (χ3v) is 6.41. The molecular formula is C31H27BO3. The van der Waals surface area contributed by atoms with Crippen LogP contribution in [0, 0.1) is 20.8 Å². The molecule has 0 aliphatic heterocycles. The van der Waals surface area contributed by atoms with Gasteiger partial charge in [0.25, 0.3) is 0 Å². The SMILES string of the molecule is Cc1ccc(-c2c(-c3ccc(C)cc3)c(-c3ccc(C)cc3)c3ccccc3c2OB(O)O)cc1. The van der Waals surface area contributed by atoms with Crippen LogP contribution in [0.3, 0.4) is 0 Å². The molecule has 172 valence electrons. The highest BCUT2D eigenvalue weighted by molar-refractivity contribution is 6.34. The molecule has 0 heterocycles. The molecule has 0 spiro atoms. The van der Waals surface area contributed by atoms with Gasteiger partial charge in [-0.2, -0.15) is 0 Å². The van der Waals surface area contributed by atoms with Crippen LogP contribution in [-0.4, -0.2) is 17.4 Å². The summed E-state index contributed by atoms with van der Waals surface area (Å²) in [6.45, 7) is 6.21. The molecule has 0 saturated heterocycles. The van der Waals surface area contributed by atoms with Crippen molar-refractivity contribution in [3.05, 3.63) is 114 Å². The molecule has 5 rings (SSSR count). The molecule has 0 aliphatic rings. The Kier molecular flexibility index (Phi) is 6.17. The van der Waals surface area contributed by atoms with E-state index < -0.39 is 7.32 Å². The maximum Gasteiger partial charge on any atom is 0.707 e. The molecule has 0 saturated carbocycles. The van der Waals surface area contributed by atoms with Crippen molar-refractivity contribution >= 4 is 18.1 Å². The number of rotatable bonds is 5. The highest BCUT2D eigenvalue weighted by Gasteiger charge is 2.26. The van der Waals surface area contributed by atoms with E-state index in [0.29, 0.717) is 5.75 Å². The second-order valence-corrected chi connectivity index (χ2v) is 9.04. The van der Waals surface area contributed by atoms with Gasteiger partial charge in [0.2, 0.25) is 0 Å². The molecule has 0 aliphatic carbocycles. The standard InChI is InChI=1S/C31H27BO3/c1-20-8-14-23(15-9-20)28-26-6-4-5-7-27(26)31(35-32(33)34)30(25-18-12-22(3)13-19-25)29(28)24-16-10-21(2)11-17-24/h4-19,33-34H,1-3H3. The molecule has 0 amide bonds. The lowest BCUT2D eigenvalue weighted by Crippen LogP contribution is -2.21. The van der Waals surface area contributed by atoms with Crippen molar-refractivity contribution in [2.45, 2.75) is 20.8 Å². The summed E-state index contributed by atoms with van der Waals surface area (Å²) < 4.78 is 5.75. The second kappa shape index (κ2) is 9.42. The second-order valence-electron chi connectivity index (χ2n) is 9.04. The lowest BCUT2D eigenvalue weighted by Gasteiger charge is -2.24. The van der Waals surface area contributed by atoms with Crippen LogP contribution >= 0.6 is 0 Å². The lowest BCUT2D eigenvalue weighted by molar-refractivity contribution is 0.290. The van der Waals surface area contributed by atoms with E-state index in [4.69, 9.17) is 4.65 Å². The fourth-order valence-corrected chi connectivity index (χ4v) is 4.66. The predicted octanol–water partition coefficient (Wildman–Crippen LogP) is 7.11. The third kappa shape index (κ3) is 4.46. The maximum atomic E-state index is 9.93. The van der Waals surface area contributed by atoms with E-state index in [9.17, 15) is 10.0 Å². The molecule has 0 radical (unpaired) electrons. The minimum Gasteiger partial charge on any atom is -0.511 e. The zero-order valence-corrected chi connectivity index (χ0v) is 20.1. The van der Waals surface area contributed by atoms with Crippen LogP contribution in [0.2, 0.25) is 0 Å². The Hall–Kier alpha value is -3.86. The van der Waals surface area contributed by atoms with Gasteiger partial charge >= 0.3 is 7.32 Å². The van der Waals surface area contributed by atoms with Crippen molar-refractivity contribution in [1.82, 2.24) is 0 Å². The van der Waals surface area contributed by atoms with E-state index in [2.05, 4.69) is 99.6 Å². The van der Waals surface area contributed by atoms with Crippen LogP contribution in [0.25, 0.3) is 44.2 Å². The highest BCUT2D eigenvalue weighted by atomic mass is 16.6. The first-order valence-electron chi connectivity index (χ1n) is 11.7. The van der Waals surface area contributed by atoms with Gasteiger partial charge in [-0.05, 0) is 48.4 Å². The normalized spacial score (nSPS) is 11.0. The summed E-state index contributed by atoms with van der Waals surface area (Å²) in [5.41, 5.74) is 9.48. The minimum atomic E-state index is -1.95. The number of hydrogen-bond donors (Lipinski definition) is 2. The number of aryl methyl sites for hydroxylation is 3. The Morgan fingerprint density at radius 3 is 1.34 bits per heavy atom. The van der Waals surface area contributed by atoms with E-state index >= 15 is 0 Å². The first kappa shape index (κ1) is 22.9. The van der Waals surface area contributed by atoms with Crippen molar-refractivity contribution in [3.8, 4) is 39.1 Å². The Morgan fingerprint density at radius 1 is 0.486 bits per heavy atom. The van der Waals surface area contributed by atoms with E-state index in [1.165, 1.54) is 11.1 Å². The maximum absolute atomic E-state index is 9.93. The summed E-state index contributed by atoms with van der Waals surface area (Å²) in [6, 6.07) is 33.2. The first-order chi connectivity index (χ1) is 16.9. The fraction of sp³-hybridized carbons (Fsp3) is 0.0968. The molecule has 5 aromatic carbocycles. The van der Waals surface area contributed by atoms with Crippen LogP contribution in [0.4, 0.5) is 0 Å². The van der Waals surface area contributed by atoms with Crippen molar-refractivity contribution < 1.29 is 14.7 Å². The first-order valence-corrected chi connectivity index (χ1v) is 11.7. The largest absolute Gasteiger partial charge is 0.707 e. The van der Waals surface area contributed by atoms with Crippen LogP contribution in [0.5, 0.6) is 5.75 Å². The molecule has 0 fully saturated rings. The molecule has 4 heteroatoms. The molecular weight excluding hydrogens is 431 g/mol. The summed E-state index contributed by atoms with van der Waals surface area (Å²) in [4.78, 5) is 0. The van der Waals surface area contributed by atoms with Crippen LogP contribution < -0.4 is 4.65 Å². The Balaban J connectivity index is 2.01. The van der Waals surface area contributed by atoms with E-state index in [-0.39, 0.29) is 0 Å². The quantitative estimate of drug-likeness (QED) is 0.276. The van der Waals surface area contributed by atoms with Gasteiger partial charge in [0.15, 0.2) is 0 Å². The summed E-state index contributed by atoms with van der Waals surface area (Å²) in [7, 11) is -1.95. The monoisotopic (exact) mass is 458 g/mol. The topological polar surface area (TPSA) is 49.7 Å². The lowest BCUT2D eigenvalue weighted by atomic mass is 9.82. The van der Waals surface area contributed by atoms with Crippen molar-refractivity contribution in [2.75, 3.05) is 0 Å². The fourth-order valence-electron chi connectivity index (χ4n) is 4.66. The zero-order valence-electron chi connectivity index (χ0n) is 20.1. The molecule has 0 unspecified atom stereocenters. The smallest absolute Gasteiger partial charge is 0.511 e. The predicted molar refractivity (Wildman–Crippen MR) is 145 cm³/mol. The Bertz CT molecular complexity index is 1490. The summed E-state index contributed by atoms with van der Waals surface area (Å²) in [5.74, 6) is 0.450. The van der Waals surface area contributed by atoms with Gasteiger partial charge in [-0.25, -0.2) is 0 Å². The number of benzene rings is 5. The highest BCUT2D eigenvalue weighted by Crippen LogP contribution is 2.50. The third-order valence-electron chi connectivity index (χ3n) is 6.41. The van der Waals surface area contributed by atoms with E-state index in [0.717, 1.165) is 49.7 Å². The Labute approximate surface area is 206 Å². The van der Waals surface area contributed by atoms with E-state index in [1.54, 1.807) is 0 Å². The van der Waals surface area contributed by atoms with Crippen molar-refractivity contribution in [1.29, 1.82) is 0 Å². The molecule has 5 aromatic rings. The van der Waals surface area contributed by atoms with E-state index in [1.807, 2.05) is 18.2 Å². The van der Waals surface area contributed by atoms with Gasteiger partial charge in [-0.15, -0.1) is 0 Å². The summed E-state index contributed by atoms with van der Waals surface area (Å²) in [6.07, 6.45) is 0. The van der Waals surface area contributed by atoms with Gasteiger partial charge in [0.1, 0.15) is 5.75 Å². The average Bonchev–Trinajstić information content (AvgIpc) is 2.85. The van der Waals surface area contributed by atoms with Gasteiger partial charge in [-0.3, -0.25) is 0 Å². The zero-order chi connectivity index (χ0) is 24.5. The number of hydrogen-bond acceptors (Lipinski definition) is 3. The van der Waals surface area contributed by atoms with Gasteiger partial charge in [-0.1, -0.05) is 114 Å². The average molecular weight is 458 g/mol. The van der Waals surface area contributed by atoms with Crippen molar-refractivity contribution in [3.63, 3.8) is 0 Å². The van der Waals surface area contributed by atoms with Crippen LogP contribution in [0.15, 0.2) is 97.1 Å². The van der Waals surface area contributed by atoms with Gasteiger partial charge < -0.3 is 14.7 Å². The molecule has 0 aromatic heterocycles. The molecule has 2 N–H and O–H groups in total. The minimum absolute atomic E-state index is 0.450.